The Morgan fingerprint density at radius 2 is 1.68 bits per heavy atom. The zero-order chi connectivity index (χ0) is 19.8. The topological polar surface area (TPSA) is 50.8 Å². The number of ether oxygens (including phenoxy) is 2. The molecule has 150 valence electrons. The van der Waals surface area contributed by atoms with E-state index in [1.165, 1.54) is 24.8 Å². The normalized spacial score (nSPS) is 15.6. The molecule has 1 heterocycles. The number of nitrogens with one attached hydrogen (secondary N) is 1. The molecule has 0 radical (unpaired) electrons. The third kappa shape index (κ3) is 5.88. The molecule has 1 aliphatic rings. The third-order valence-electron chi connectivity index (χ3n) is 5.01. The van der Waals surface area contributed by atoms with Crippen LogP contribution in [0.15, 0.2) is 48.5 Å². The van der Waals surface area contributed by atoms with E-state index in [0.717, 1.165) is 18.8 Å². The van der Waals surface area contributed by atoms with Crippen LogP contribution in [-0.2, 0) is 4.79 Å². The first-order valence-electron chi connectivity index (χ1n) is 9.69. The smallest absolute Gasteiger partial charge is 0.258 e. The number of halogens is 1. The van der Waals surface area contributed by atoms with Crippen LogP contribution >= 0.6 is 11.6 Å². The van der Waals surface area contributed by atoms with E-state index in [9.17, 15) is 4.79 Å². The Kier molecular flexibility index (Phi) is 7.57. The highest BCUT2D eigenvalue weighted by Gasteiger charge is 2.23. The second kappa shape index (κ2) is 10.3. The molecule has 2 aromatic rings. The van der Waals surface area contributed by atoms with Crippen molar-refractivity contribution in [3.8, 4) is 11.5 Å². The predicted molar refractivity (Wildman–Crippen MR) is 111 cm³/mol. The highest BCUT2D eigenvalue weighted by atomic mass is 35.5. The molecule has 0 spiro atoms. The van der Waals surface area contributed by atoms with Crippen LogP contribution in [0.1, 0.15) is 30.9 Å². The minimum atomic E-state index is -0.134. The molecule has 0 saturated carbocycles. The molecule has 0 aromatic heterocycles. The molecular formula is C22H27ClN2O3. The second-order valence-electron chi connectivity index (χ2n) is 6.93. The minimum Gasteiger partial charge on any atom is -0.497 e. The maximum atomic E-state index is 12.3. The van der Waals surface area contributed by atoms with Gasteiger partial charge in [0.15, 0.2) is 6.61 Å². The monoisotopic (exact) mass is 402 g/mol. The summed E-state index contributed by atoms with van der Waals surface area (Å²) in [5, 5.41) is 3.67. The number of nitrogens with zero attached hydrogens (tertiary/aromatic N) is 1. The van der Waals surface area contributed by atoms with Crippen molar-refractivity contribution in [1.82, 2.24) is 10.2 Å². The lowest BCUT2D eigenvalue weighted by atomic mass is 10.0. The molecule has 1 N–H and O–H groups in total. The van der Waals surface area contributed by atoms with Gasteiger partial charge in [-0.3, -0.25) is 9.69 Å². The Bertz CT molecular complexity index is 743. The zero-order valence-corrected chi connectivity index (χ0v) is 17.0. The van der Waals surface area contributed by atoms with Crippen LogP contribution in [0.2, 0.25) is 5.02 Å². The van der Waals surface area contributed by atoms with Crippen molar-refractivity contribution in [2.24, 2.45) is 0 Å². The van der Waals surface area contributed by atoms with Crippen molar-refractivity contribution in [3.05, 3.63) is 59.1 Å². The van der Waals surface area contributed by atoms with Crippen LogP contribution in [0.25, 0.3) is 0 Å². The molecule has 0 unspecified atom stereocenters. The summed E-state index contributed by atoms with van der Waals surface area (Å²) in [6.07, 6.45) is 3.66. The maximum absolute atomic E-state index is 12.3. The maximum Gasteiger partial charge on any atom is 0.258 e. The quantitative estimate of drug-likeness (QED) is 0.723. The molecule has 3 rings (SSSR count). The van der Waals surface area contributed by atoms with Crippen molar-refractivity contribution < 1.29 is 14.3 Å². The SMILES string of the molecule is COc1ccc([C@H](CNC(=O)COc2ccc(Cl)cc2)N2CCCCC2)cc1. The van der Waals surface area contributed by atoms with Gasteiger partial charge in [0.2, 0.25) is 0 Å². The summed E-state index contributed by atoms with van der Waals surface area (Å²) in [7, 11) is 1.66. The van der Waals surface area contributed by atoms with Gasteiger partial charge in [0, 0.05) is 11.6 Å². The van der Waals surface area contributed by atoms with Crippen LogP contribution < -0.4 is 14.8 Å². The average Bonchev–Trinajstić information content (AvgIpc) is 2.74. The number of rotatable bonds is 8. The predicted octanol–water partition coefficient (Wildman–Crippen LogP) is 4.07. The summed E-state index contributed by atoms with van der Waals surface area (Å²) in [4.78, 5) is 14.8. The Balaban J connectivity index is 1.58. The molecule has 1 fully saturated rings. The van der Waals surface area contributed by atoms with Crippen LogP contribution in [-0.4, -0.2) is 44.2 Å². The van der Waals surface area contributed by atoms with E-state index in [1.807, 2.05) is 12.1 Å². The van der Waals surface area contributed by atoms with Crippen LogP contribution in [0.4, 0.5) is 0 Å². The molecule has 0 bridgehead atoms. The highest BCUT2D eigenvalue weighted by molar-refractivity contribution is 6.30. The summed E-state index contributed by atoms with van der Waals surface area (Å²) in [5.74, 6) is 1.33. The third-order valence-corrected chi connectivity index (χ3v) is 5.26. The van der Waals surface area contributed by atoms with Gasteiger partial charge in [0.05, 0.1) is 13.2 Å². The van der Waals surface area contributed by atoms with Crippen molar-refractivity contribution in [2.75, 3.05) is 33.4 Å². The lowest BCUT2D eigenvalue weighted by Crippen LogP contribution is -2.41. The van der Waals surface area contributed by atoms with Gasteiger partial charge >= 0.3 is 0 Å². The lowest BCUT2D eigenvalue weighted by Gasteiger charge is -2.35. The van der Waals surface area contributed by atoms with Gasteiger partial charge in [-0.05, 0) is 67.9 Å². The van der Waals surface area contributed by atoms with E-state index in [0.29, 0.717) is 17.3 Å². The number of amides is 1. The molecule has 1 aliphatic heterocycles. The molecule has 2 aromatic carbocycles. The van der Waals surface area contributed by atoms with Gasteiger partial charge in [-0.1, -0.05) is 30.2 Å². The van der Waals surface area contributed by atoms with Crippen LogP contribution in [0.3, 0.4) is 0 Å². The van der Waals surface area contributed by atoms with Crippen molar-refractivity contribution >= 4 is 17.5 Å². The number of hydrogen-bond donors (Lipinski definition) is 1. The van der Waals surface area contributed by atoms with E-state index >= 15 is 0 Å². The Hall–Kier alpha value is -2.24. The number of hydrogen-bond acceptors (Lipinski definition) is 4. The highest BCUT2D eigenvalue weighted by Crippen LogP contribution is 2.26. The summed E-state index contributed by atoms with van der Waals surface area (Å²) in [6.45, 7) is 2.63. The molecule has 28 heavy (non-hydrogen) atoms. The molecule has 6 heteroatoms. The molecule has 0 aliphatic carbocycles. The molecule has 1 amide bonds. The van der Waals surface area contributed by atoms with Gasteiger partial charge in [-0.2, -0.15) is 0 Å². The number of methoxy groups -OCH3 is 1. The number of carbonyl (C=O) groups excluding carboxylic acids is 1. The van der Waals surface area contributed by atoms with Gasteiger partial charge in [-0.15, -0.1) is 0 Å². The van der Waals surface area contributed by atoms with Gasteiger partial charge in [0.1, 0.15) is 11.5 Å². The first-order chi connectivity index (χ1) is 13.7. The summed E-state index contributed by atoms with van der Waals surface area (Å²) in [6, 6.07) is 15.2. The number of benzene rings is 2. The number of piperidine rings is 1. The summed E-state index contributed by atoms with van der Waals surface area (Å²) < 4.78 is 10.8. The minimum absolute atomic E-state index is 0.0169. The molecular weight excluding hydrogens is 376 g/mol. The van der Waals surface area contributed by atoms with E-state index in [2.05, 4.69) is 22.3 Å². The molecule has 1 atom stereocenters. The van der Waals surface area contributed by atoms with Crippen LogP contribution in [0, 0.1) is 0 Å². The lowest BCUT2D eigenvalue weighted by molar-refractivity contribution is -0.123. The second-order valence-corrected chi connectivity index (χ2v) is 7.37. The zero-order valence-electron chi connectivity index (χ0n) is 16.2. The summed E-state index contributed by atoms with van der Waals surface area (Å²) in [5.41, 5.74) is 1.18. The Morgan fingerprint density at radius 3 is 2.32 bits per heavy atom. The van der Waals surface area contributed by atoms with E-state index in [-0.39, 0.29) is 18.6 Å². The Labute approximate surface area is 171 Å². The van der Waals surface area contributed by atoms with E-state index in [4.69, 9.17) is 21.1 Å². The number of carbonyl (C=O) groups is 1. The average molecular weight is 403 g/mol. The largest absolute Gasteiger partial charge is 0.497 e. The van der Waals surface area contributed by atoms with Gasteiger partial charge in [0.25, 0.3) is 5.91 Å². The van der Waals surface area contributed by atoms with E-state index in [1.54, 1.807) is 31.4 Å². The standard InChI is InChI=1S/C22H27ClN2O3/c1-27-19-9-5-17(6-10-19)21(25-13-3-2-4-14-25)15-24-22(26)16-28-20-11-7-18(23)8-12-20/h5-12,21H,2-4,13-16H2,1H3,(H,24,26)/t21-/m0/s1. The summed E-state index contributed by atoms with van der Waals surface area (Å²) >= 11 is 5.86. The fourth-order valence-corrected chi connectivity index (χ4v) is 3.58. The van der Waals surface area contributed by atoms with Crippen molar-refractivity contribution in [3.63, 3.8) is 0 Å². The fourth-order valence-electron chi connectivity index (χ4n) is 3.46. The first kappa shape index (κ1) is 20.5. The van der Waals surface area contributed by atoms with E-state index < -0.39 is 0 Å². The first-order valence-corrected chi connectivity index (χ1v) is 10.1. The van der Waals surface area contributed by atoms with Crippen molar-refractivity contribution in [1.29, 1.82) is 0 Å². The molecule has 5 nitrogen and oxygen atoms in total. The molecule has 1 saturated heterocycles. The van der Waals surface area contributed by atoms with Gasteiger partial charge < -0.3 is 14.8 Å². The Morgan fingerprint density at radius 1 is 1.04 bits per heavy atom. The van der Waals surface area contributed by atoms with Crippen molar-refractivity contribution in [2.45, 2.75) is 25.3 Å². The fraction of sp³-hybridized carbons (Fsp3) is 0.409. The van der Waals surface area contributed by atoms with Crippen LogP contribution in [0.5, 0.6) is 11.5 Å². The number of likely N-dealkylation sites (tertiary alicyclic amines) is 1. The van der Waals surface area contributed by atoms with Gasteiger partial charge in [-0.25, -0.2) is 0 Å².